The number of carbonyl (C=O) groups excluding carboxylic acids is 1. The van der Waals surface area contributed by atoms with Gasteiger partial charge in [0.15, 0.2) is 0 Å². The van der Waals surface area contributed by atoms with Crippen molar-refractivity contribution < 1.29 is 9.53 Å². The number of amides is 1. The minimum atomic E-state index is 0.0938. The van der Waals surface area contributed by atoms with Gasteiger partial charge in [-0.1, -0.05) is 32.9 Å². The van der Waals surface area contributed by atoms with Crippen molar-refractivity contribution in [1.29, 1.82) is 0 Å². The number of nitrogens with zero attached hydrogens (tertiary/aromatic N) is 1. The van der Waals surface area contributed by atoms with E-state index in [-0.39, 0.29) is 11.3 Å². The van der Waals surface area contributed by atoms with Gasteiger partial charge in [-0.05, 0) is 48.8 Å². The van der Waals surface area contributed by atoms with E-state index in [0.29, 0.717) is 6.10 Å². The fourth-order valence-electron chi connectivity index (χ4n) is 2.81. The molecule has 0 saturated carbocycles. The number of rotatable bonds is 4. The monoisotopic (exact) mass is 303 g/mol. The van der Waals surface area contributed by atoms with Gasteiger partial charge in [0.1, 0.15) is 0 Å². The van der Waals surface area contributed by atoms with E-state index < -0.39 is 0 Å². The summed E-state index contributed by atoms with van der Waals surface area (Å²) in [5, 5.41) is 0. The summed E-state index contributed by atoms with van der Waals surface area (Å²) >= 11 is 0. The Labute approximate surface area is 134 Å². The Morgan fingerprint density at radius 2 is 1.91 bits per heavy atom. The lowest BCUT2D eigenvalue weighted by Gasteiger charge is -2.25. The maximum Gasteiger partial charge on any atom is 0.253 e. The Hall–Kier alpha value is -1.35. The number of hydrogen-bond acceptors (Lipinski definition) is 2. The van der Waals surface area contributed by atoms with Crippen molar-refractivity contribution in [3.63, 3.8) is 0 Å². The second-order valence-corrected chi connectivity index (χ2v) is 7.33. The largest absolute Gasteiger partial charge is 0.378 e. The van der Waals surface area contributed by atoms with Crippen LogP contribution in [0.1, 0.15) is 62.4 Å². The quantitative estimate of drug-likeness (QED) is 0.841. The van der Waals surface area contributed by atoms with E-state index in [4.69, 9.17) is 4.74 Å². The summed E-state index contributed by atoms with van der Waals surface area (Å²) in [7, 11) is 1.88. The Bertz CT molecular complexity index is 481. The van der Waals surface area contributed by atoms with Crippen molar-refractivity contribution >= 4 is 5.91 Å². The SMILES string of the molecule is CN(CCC1CCCCO1)C(=O)c1ccc(C(C)(C)C)cc1. The first-order chi connectivity index (χ1) is 10.4. The van der Waals surface area contributed by atoms with Crippen LogP contribution in [0.4, 0.5) is 0 Å². The molecular weight excluding hydrogens is 274 g/mol. The molecule has 1 aliphatic heterocycles. The first-order valence-electron chi connectivity index (χ1n) is 8.35. The molecule has 0 bridgehead atoms. The number of carbonyl (C=O) groups is 1. The zero-order chi connectivity index (χ0) is 16.2. The maximum atomic E-state index is 12.5. The van der Waals surface area contributed by atoms with Gasteiger partial charge in [0.25, 0.3) is 5.91 Å². The van der Waals surface area contributed by atoms with Crippen LogP contribution in [0, 0.1) is 0 Å². The summed E-state index contributed by atoms with van der Waals surface area (Å²) in [6, 6.07) is 8.00. The normalized spacial score (nSPS) is 19.0. The number of ether oxygens (including phenoxy) is 1. The molecule has 1 atom stereocenters. The van der Waals surface area contributed by atoms with E-state index in [1.807, 2.05) is 24.1 Å². The highest BCUT2D eigenvalue weighted by atomic mass is 16.5. The molecule has 3 nitrogen and oxygen atoms in total. The van der Waals surface area contributed by atoms with E-state index in [1.54, 1.807) is 0 Å². The standard InChI is InChI=1S/C19H29NO2/c1-19(2,3)16-10-8-15(9-11-16)18(21)20(4)13-12-17-7-5-6-14-22-17/h8-11,17H,5-7,12-14H2,1-4H3. The van der Waals surface area contributed by atoms with Crippen molar-refractivity contribution in [3.8, 4) is 0 Å². The minimum absolute atomic E-state index is 0.0938. The molecule has 122 valence electrons. The van der Waals surface area contributed by atoms with Gasteiger partial charge in [-0.25, -0.2) is 0 Å². The smallest absolute Gasteiger partial charge is 0.253 e. The highest BCUT2D eigenvalue weighted by Gasteiger charge is 2.18. The van der Waals surface area contributed by atoms with Crippen molar-refractivity contribution in [2.45, 2.75) is 58.0 Å². The zero-order valence-electron chi connectivity index (χ0n) is 14.4. The first kappa shape index (κ1) is 17.0. The van der Waals surface area contributed by atoms with Gasteiger partial charge in [-0.2, -0.15) is 0 Å². The maximum absolute atomic E-state index is 12.5. The molecule has 1 unspecified atom stereocenters. The molecule has 1 fully saturated rings. The third kappa shape index (κ3) is 4.57. The van der Waals surface area contributed by atoms with Crippen molar-refractivity contribution in [1.82, 2.24) is 4.90 Å². The van der Waals surface area contributed by atoms with Gasteiger partial charge in [-0.3, -0.25) is 4.79 Å². The lowest BCUT2D eigenvalue weighted by molar-refractivity contribution is 0.00709. The Morgan fingerprint density at radius 1 is 1.23 bits per heavy atom. The van der Waals surface area contributed by atoms with Crippen LogP contribution in [-0.2, 0) is 10.2 Å². The highest BCUT2D eigenvalue weighted by molar-refractivity contribution is 5.94. The number of benzene rings is 1. The fourth-order valence-corrected chi connectivity index (χ4v) is 2.81. The van der Waals surface area contributed by atoms with Crippen LogP contribution in [0.15, 0.2) is 24.3 Å². The van der Waals surface area contributed by atoms with Gasteiger partial charge in [0.05, 0.1) is 6.10 Å². The van der Waals surface area contributed by atoms with Gasteiger partial charge >= 0.3 is 0 Å². The summed E-state index contributed by atoms with van der Waals surface area (Å²) in [6.07, 6.45) is 4.80. The fraction of sp³-hybridized carbons (Fsp3) is 0.632. The molecule has 2 rings (SSSR count). The molecule has 1 heterocycles. The van der Waals surface area contributed by atoms with Gasteiger partial charge < -0.3 is 9.64 Å². The molecule has 3 heteroatoms. The Balaban J connectivity index is 1.89. The Morgan fingerprint density at radius 3 is 2.45 bits per heavy atom. The molecular formula is C19H29NO2. The van der Waals surface area contributed by atoms with Crippen LogP contribution < -0.4 is 0 Å². The Kier molecular flexibility index (Phi) is 5.63. The predicted molar refractivity (Wildman–Crippen MR) is 90.3 cm³/mol. The summed E-state index contributed by atoms with van der Waals surface area (Å²) < 4.78 is 5.73. The van der Waals surface area contributed by atoms with Crippen molar-refractivity contribution in [2.75, 3.05) is 20.2 Å². The molecule has 1 amide bonds. The topological polar surface area (TPSA) is 29.5 Å². The van der Waals surface area contributed by atoms with Gasteiger partial charge in [0.2, 0.25) is 0 Å². The third-order valence-electron chi connectivity index (χ3n) is 4.41. The van der Waals surface area contributed by atoms with Crippen LogP contribution in [0.25, 0.3) is 0 Å². The van der Waals surface area contributed by atoms with E-state index in [1.165, 1.54) is 18.4 Å². The molecule has 1 saturated heterocycles. The van der Waals surface area contributed by atoms with Crippen molar-refractivity contribution in [3.05, 3.63) is 35.4 Å². The molecule has 0 N–H and O–H groups in total. The minimum Gasteiger partial charge on any atom is -0.378 e. The summed E-state index contributed by atoms with van der Waals surface area (Å²) in [5.74, 6) is 0.0938. The summed E-state index contributed by atoms with van der Waals surface area (Å²) in [6.45, 7) is 8.17. The van der Waals surface area contributed by atoms with Crippen LogP contribution in [0.3, 0.4) is 0 Å². The number of hydrogen-bond donors (Lipinski definition) is 0. The average molecular weight is 303 g/mol. The molecule has 22 heavy (non-hydrogen) atoms. The summed E-state index contributed by atoms with van der Waals surface area (Å²) in [4.78, 5) is 14.3. The zero-order valence-corrected chi connectivity index (χ0v) is 14.4. The third-order valence-corrected chi connectivity index (χ3v) is 4.41. The second-order valence-electron chi connectivity index (χ2n) is 7.33. The summed E-state index contributed by atoms with van der Waals surface area (Å²) in [5.41, 5.74) is 2.13. The van der Waals surface area contributed by atoms with Crippen LogP contribution in [-0.4, -0.2) is 37.1 Å². The molecule has 1 aliphatic rings. The molecule has 0 radical (unpaired) electrons. The van der Waals surface area contributed by atoms with Crippen molar-refractivity contribution in [2.24, 2.45) is 0 Å². The van der Waals surface area contributed by atoms with E-state index in [9.17, 15) is 4.79 Å². The molecule has 0 aromatic heterocycles. The van der Waals surface area contributed by atoms with Crippen LogP contribution in [0.5, 0.6) is 0 Å². The predicted octanol–water partition coefficient (Wildman–Crippen LogP) is 4.02. The lowest BCUT2D eigenvalue weighted by Crippen LogP contribution is -2.31. The van der Waals surface area contributed by atoms with Crippen LogP contribution in [0.2, 0.25) is 0 Å². The lowest BCUT2D eigenvalue weighted by atomic mass is 9.86. The van der Waals surface area contributed by atoms with E-state index >= 15 is 0 Å². The van der Waals surface area contributed by atoms with Gasteiger partial charge in [-0.15, -0.1) is 0 Å². The second kappa shape index (κ2) is 7.28. The first-order valence-corrected chi connectivity index (χ1v) is 8.35. The van der Waals surface area contributed by atoms with Crippen LogP contribution >= 0.6 is 0 Å². The highest BCUT2D eigenvalue weighted by Crippen LogP contribution is 2.22. The molecule has 1 aromatic carbocycles. The van der Waals surface area contributed by atoms with E-state index in [0.717, 1.165) is 31.6 Å². The van der Waals surface area contributed by atoms with E-state index in [2.05, 4.69) is 32.9 Å². The molecule has 0 spiro atoms. The van der Waals surface area contributed by atoms with Gasteiger partial charge in [0, 0.05) is 25.8 Å². The average Bonchev–Trinajstić information content (AvgIpc) is 2.52. The molecule has 1 aromatic rings. The molecule has 0 aliphatic carbocycles.